The molecular formula is C11H17N3O3. The Morgan fingerprint density at radius 1 is 1.47 bits per heavy atom. The fraction of sp³-hybridized carbons (Fsp3) is 0.636. The van der Waals surface area contributed by atoms with E-state index in [1.807, 2.05) is 0 Å². The molecule has 1 aromatic heterocycles. The maximum atomic E-state index is 5.65. The molecule has 0 amide bonds. The summed E-state index contributed by atoms with van der Waals surface area (Å²) in [6, 6.07) is 0. The van der Waals surface area contributed by atoms with Gasteiger partial charge in [0.1, 0.15) is 12.4 Å². The number of ether oxygens (including phenoxy) is 3. The van der Waals surface area contributed by atoms with Crippen LogP contribution in [0, 0.1) is 0 Å². The number of hydrogen-bond donors (Lipinski definition) is 1. The van der Waals surface area contributed by atoms with Crippen molar-refractivity contribution in [2.75, 3.05) is 32.2 Å². The first-order valence-corrected chi connectivity index (χ1v) is 5.72. The average Bonchev–Trinajstić information content (AvgIpc) is 2.31. The summed E-state index contributed by atoms with van der Waals surface area (Å²) in [6.45, 7) is 4.12. The molecule has 6 nitrogen and oxygen atoms in total. The van der Waals surface area contributed by atoms with Gasteiger partial charge in [-0.05, 0) is 6.42 Å². The fourth-order valence-electron chi connectivity index (χ4n) is 1.43. The van der Waals surface area contributed by atoms with E-state index in [9.17, 15) is 0 Å². The van der Waals surface area contributed by atoms with Gasteiger partial charge in [-0.3, -0.25) is 0 Å². The number of anilines is 1. The van der Waals surface area contributed by atoms with Gasteiger partial charge in [-0.1, -0.05) is 6.92 Å². The lowest BCUT2D eigenvalue weighted by Gasteiger charge is -2.26. The number of rotatable bonds is 6. The first-order valence-electron chi connectivity index (χ1n) is 5.72. The predicted octanol–water partition coefficient (Wildman–Crippen LogP) is 1.08. The van der Waals surface area contributed by atoms with E-state index in [1.54, 1.807) is 7.11 Å². The number of nitrogens with one attached hydrogen (secondary N) is 1. The van der Waals surface area contributed by atoms with Crippen molar-refractivity contribution in [2.24, 2.45) is 0 Å². The number of hydrogen-bond acceptors (Lipinski definition) is 6. The second kappa shape index (κ2) is 5.67. The predicted molar refractivity (Wildman–Crippen MR) is 62.6 cm³/mol. The van der Waals surface area contributed by atoms with Gasteiger partial charge >= 0.3 is 0 Å². The van der Waals surface area contributed by atoms with Crippen LogP contribution >= 0.6 is 0 Å². The molecule has 1 fully saturated rings. The molecule has 2 heterocycles. The minimum Gasteiger partial charge on any atom is -0.489 e. The molecule has 0 atom stereocenters. The Labute approximate surface area is 100 Å². The quantitative estimate of drug-likeness (QED) is 0.801. The van der Waals surface area contributed by atoms with Crippen LogP contribution < -0.4 is 14.8 Å². The molecular weight excluding hydrogens is 222 g/mol. The van der Waals surface area contributed by atoms with Gasteiger partial charge in [-0.15, -0.1) is 0 Å². The zero-order valence-corrected chi connectivity index (χ0v) is 10.1. The van der Waals surface area contributed by atoms with Crippen molar-refractivity contribution >= 4 is 5.82 Å². The number of aromatic nitrogens is 2. The third-order valence-electron chi connectivity index (χ3n) is 2.40. The second-order valence-electron chi connectivity index (χ2n) is 3.76. The van der Waals surface area contributed by atoms with Crippen molar-refractivity contribution in [1.29, 1.82) is 0 Å². The van der Waals surface area contributed by atoms with Crippen LogP contribution in [0.2, 0.25) is 0 Å². The van der Waals surface area contributed by atoms with Crippen molar-refractivity contribution in [2.45, 2.75) is 19.4 Å². The molecule has 1 N–H and O–H groups in total. The lowest BCUT2D eigenvalue weighted by molar-refractivity contribution is -0.0820. The van der Waals surface area contributed by atoms with Gasteiger partial charge < -0.3 is 19.5 Å². The van der Waals surface area contributed by atoms with Crippen LogP contribution in [0.25, 0.3) is 0 Å². The molecule has 0 spiro atoms. The van der Waals surface area contributed by atoms with Crippen LogP contribution in [-0.2, 0) is 4.74 Å². The van der Waals surface area contributed by atoms with E-state index in [1.165, 1.54) is 6.33 Å². The summed E-state index contributed by atoms with van der Waals surface area (Å²) in [6.07, 6.45) is 2.55. The molecule has 0 bridgehead atoms. The van der Waals surface area contributed by atoms with E-state index in [0.717, 1.165) is 13.0 Å². The topological polar surface area (TPSA) is 65.5 Å². The summed E-state index contributed by atoms with van der Waals surface area (Å²) in [5.74, 6) is 1.68. The van der Waals surface area contributed by atoms with Gasteiger partial charge in [0.2, 0.25) is 5.75 Å². The van der Waals surface area contributed by atoms with Crippen LogP contribution in [-0.4, -0.2) is 42.9 Å². The minimum atomic E-state index is 0.0674. The Bertz CT molecular complexity index is 369. The SMILES string of the molecule is CCCNc1ncnc(OC2COC2)c1OC. The van der Waals surface area contributed by atoms with Gasteiger partial charge in [-0.2, -0.15) is 4.98 Å². The summed E-state index contributed by atoms with van der Waals surface area (Å²) in [4.78, 5) is 8.23. The van der Waals surface area contributed by atoms with Gasteiger partial charge in [0, 0.05) is 6.54 Å². The Kier molecular flexibility index (Phi) is 3.98. The van der Waals surface area contributed by atoms with E-state index in [-0.39, 0.29) is 6.10 Å². The molecule has 0 aromatic carbocycles. The highest BCUT2D eigenvalue weighted by molar-refractivity contribution is 5.55. The maximum Gasteiger partial charge on any atom is 0.262 e. The van der Waals surface area contributed by atoms with Crippen molar-refractivity contribution in [3.63, 3.8) is 0 Å². The highest BCUT2D eigenvalue weighted by atomic mass is 16.6. The standard InChI is InChI=1S/C11H17N3O3/c1-3-4-12-10-9(15-2)11(14-7-13-10)17-8-5-16-6-8/h7-8H,3-6H2,1-2H3,(H,12,13,14). The van der Waals surface area contributed by atoms with E-state index >= 15 is 0 Å². The molecule has 1 aliphatic rings. The summed E-state index contributed by atoms with van der Waals surface area (Å²) in [5, 5.41) is 3.18. The zero-order valence-electron chi connectivity index (χ0n) is 10.1. The van der Waals surface area contributed by atoms with Crippen LogP contribution in [0.4, 0.5) is 5.82 Å². The van der Waals surface area contributed by atoms with Crippen molar-refractivity contribution in [1.82, 2.24) is 9.97 Å². The first kappa shape index (κ1) is 11.9. The molecule has 94 valence electrons. The van der Waals surface area contributed by atoms with Crippen LogP contribution in [0.3, 0.4) is 0 Å². The largest absolute Gasteiger partial charge is 0.489 e. The van der Waals surface area contributed by atoms with Gasteiger partial charge in [0.05, 0.1) is 20.3 Å². The highest BCUT2D eigenvalue weighted by Gasteiger charge is 2.23. The fourth-order valence-corrected chi connectivity index (χ4v) is 1.43. The Balaban J connectivity index is 2.12. The van der Waals surface area contributed by atoms with Gasteiger partial charge in [-0.25, -0.2) is 4.98 Å². The van der Waals surface area contributed by atoms with Crippen molar-refractivity contribution in [3.8, 4) is 11.6 Å². The molecule has 1 saturated heterocycles. The molecule has 1 aromatic rings. The van der Waals surface area contributed by atoms with E-state index in [4.69, 9.17) is 14.2 Å². The smallest absolute Gasteiger partial charge is 0.262 e. The van der Waals surface area contributed by atoms with Gasteiger partial charge in [0.25, 0.3) is 5.88 Å². The first-order chi connectivity index (χ1) is 8.35. The summed E-state index contributed by atoms with van der Waals surface area (Å²) < 4.78 is 16.0. The van der Waals surface area contributed by atoms with E-state index < -0.39 is 0 Å². The average molecular weight is 239 g/mol. The summed E-state index contributed by atoms with van der Waals surface area (Å²) >= 11 is 0. The maximum absolute atomic E-state index is 5.65. The molecule has 0 saturated carbocycles. The van der Waals surface area contributed by atoms with E-state index in [2.05, 4.69) is 22.2 Å². The van der Waals surface area contributed by atoms with Crippen molar-refractivity contribution < 1.29 is 14.2 Å². The van der Waals surface area contributed by atoms with E-state index in [0.29, 0.717) is 30.7 Å². The molecule has 0 unspecified atom stereocenters. The summed E-state index contributed by atoms with van der Waals surface area (Å²) in [7, 11) is 1.58. The normalized spacial score (nSPS) is 15.2. The molecule has 17 heavy (non-hydrogen) atoms. The summed E-state index contributed by atoms with van der Waals surface area (Å²) in [5.41, 5.74) is 0. The third-order valence-corrected chi connectivity index (χ3v) is 2.40. The number of nitrogens with zero attached hydrogens (tertiary/aromatic N) is 2. The molecule has 0 radical (unpaired) electrons. The highest BCUT2D eigenvalue weighted by Crippen LogP contribution is 2.32. The Morgan fingerprint density at radius 3 is 2.88 bits per heavy atom. The van der Waals surface area contributed by atoms with Crippen LogP contribution in [0.15, 0.2) is 6.33 Å². The Hall–Kier alpha value is -1.56. The lowest BCUT2D eigenvalue weighted by Crippen LogP contribution is -2.38. The second-order valence-corrected chi connectivity index (χ2v) is 3.76. The third kappa shape index (κ3) is 2.76. The monoisotopic (exact) mass is 239 g/mol. The minimum absolute atomic E-state index is 0.0674. The Morgan fingerprint density at radius 2 is 2.29 bits per heavy atom. The van der Waals surface area contributed by atoms with Crippen LogP contribution in [0.1, 0.15) is 13.3 Å². The molecule has 6 heteroatoms. The molecule has 1 aliphatic heterocycles. The molecule has 0 aliphatic carbocycles. The number of methoxy groups -OCH3 is 1. The lowest BCUT2D eigenvalue weighted by atomic mass is 10.3. The van der Waals surface area contributed by atoms with Crippen molar-refractivity contribution in [3.05, 3.63) is 6.33 Å². The zero-order chi connectivity index (χ0) is 12.1. The van der Waals surface area contributed by atoms with Gasteiger partial charge in [0.15, 0.2) is 5.82 Å². The van der Waals surface area contributed by atoms with Crippen LogP contribution in [0.5, 0.6) is 11.6 Å². The molecule has 2 rings (SSSR count).